The fourth-order valence-corrected chi connectivity index (χ4v) is 4.62. The summed E-state index contributed by atoms with van der Waals surface area (Å²) < 4.78 is 10.7. The topological polar surface area (TPSA) is 99.2 Å². The van der Waals surface area contributed by atoms with E-state index in [9.17, 15) is 9.59 Å². The van der Waals surface area contributed by atoms with Crippen LogP contribution in [0.4, 0.5) is 11.4 Å². The Kier molecular flexibility index (Phi) is 6.01. The maximum atomic E-state index is 13.6. The second-order valence-electron chi connectivity index (χ2n) is 8.82. The first-order chi connectivity index (χ1) is 15.7. The molecule has 1 saturated carbocycles. The van der Waals surface area contributed by atoms with Gasteiger partial charge in [-0.1, -0.05) is 6.58 Å². The van der Waals surface area contributed by atoms with Gasteiger partial charge in [-0.2, -0.15) is 0 Å². The number of aromatic nitrogens is 5. The molecular weight excluding hydrogens is 422 g/mol. The number of ether oxygens (including phenoxy) is 1. The molecule has 0 aliphatic heterocycles. The summed E-state index contributed by atoms with van der Waals surface area (Å²) in [6.45, 7) is 7.63. The van der Waals surface area contributed by atoms with E-state index in [1.807, 2.05) is 37.9 Å². The average Bonchev–Trinajstić information content (AvgIpc) is 3.52. The van der Waals surface area contributed by atoms with E-state index >= 15 is 0 Å². The zero-order valence-corrected chi connectivity index (χ0v) is 19.8. The van der Waals surface area contributed by atoms with Crippen LogP contribution in [-0.4, -0.2) is 54.9 Å². The van der Waals surface area contributed by atoms with Crippen molar-refractivity contribution in [1.82, 2.24) is 28.8 Å². The van der Waals surface area contributed by atoms with E-state index in [2.05, 4.69) is 22.0 Å². The largest absolute Gasteiger partial charge is 0.478 e. The van der Waals surface area contributed by atoms with Crippen molar-refractivity contribution in [1.29, 1.82) is 0 Å². The molecule has 3 aromatic rings. The number of methoxy groups -OCH3 is 1. The number of carbonyl (C=O) groups excluding carboxylic acids is 1. The zero-order chi connectivity index (χ0) is 23.9. The molecule has 0 bridgehead atoms. The number of rotatable bonds is 7. The number of aryl methyl sites for hydroxylation is 1. The number of fused-ring (bicyclic) bond motifs is 1. The molecule has 176 valence electrons. The van der Waals surface area contributed by atoms with Crippen molar-refractivity contribution in [3.63, 3.8) is 0 Å². The average molecular weight is 454 g/mol. The van der Waals surface area contributed by atoms with Crippen LogP contribution in [0.5, 0.6) is 5.88 Å². The Hall–Kier alpha value is -3.56. The monoisotopic (exact) mass is 453 g/mol. The van der Waals surface area contributed by atoms with E-state index in [-0.39, 0.29) is 29.6 Å². The van der Waals surface area contributed by atoms with E-state index in [0.717, 1.165) is 12.8 Å². The number of imidazole rings is 1. The summed E-state index contributed by atoms with van der Waals surface area (Å²) >= 11 is 0. The summed E-state index contributed by atoms with van der Waals surface area (Å²) in [5, 5.41) is 7.67. The Morgan fingerprint density at radius 3 is 2.76 bits per heavy atom. The minimum Gasteiger partial charge on any atom is -0.478 e. The highest BCUT2D eigenvalue weighted by Gasteiger charge is 2.32. The first kappa shape index (κ1) is 22.6. The van der Waals surface area contributed by atoms with E-state index in [1.165, 1.54) is 6.08 Å². The van der Waals surface area contributed by atoms with Gasteiger partial charge in [0.25, 0.3) is 11.4 Å². The Labute approximate surface area is 192 Å². The van der Waals surface area contributed by atoms with Crippen LogP contribution in [0, 0.1) is 0 Å². The fourth-order valence-electron chi connectivity index (χ4n) is 4.62. The smallest absolute Gasteiger partial charge is 0.277 e. The van der Waals surface area contributed by atoms with Crippen LogP contribution >= 0.6 is 0 Å². The second kappa shape index (κ2) is 8.76. The number of nitrogens with one attached hydrogen (secondary N) is 1. The van der Waals surface area contributed by atoms with Crippen LogP contribution < -0.4 is 15.6 Å². The van der Waals surface area contributed by atoms with Crippen molar-refractivity contribution in [2.75, 3.05) is 19.5 Å². The molecule has 10 heteroatoms. The van der Waals surface area contributed by atoms with Crippen LogP contribution in [0.1, 0.15) is 45.2 Å². The lowest BCUT2D eigenvalue weighted by Crippen LogP contribution is -2.34. The van der Waals surface area contributed by atoms with Crippen molar-refractivity contribution < 1.29 is 9.53 Å². The summed E-state index contributed by atoms with van der Waals surface area (Å²) in [4.78, 5) is 32.0. The van der Waals surface area contributed by atoms with Gasteiger partial charge in [0.05, 0.1) is 25.3 Å². The second-order valence-corrected chi connectivity index (χ2v) is 8.82. The van der Waals surface area contributed by atoms with E-state index < -0.39 is 0 Å². The van der Waals surface area contributed by atoms with Crippen molar-refractivity contribution in [3.8, 4) is 5.88 Å². The predicted molar refractivity (Wildman–Crippen MR) is 127 cm³/mol. The Bertz CT molecular complexity index is 1250. The minimum atomic E-state index is -0.104. The fraction of sp³-hybridized carbons (Fsp3) is 0.478. The van der Waals surface area contributed by atoms with Gasteiger partial charge >= 0.3 is 0 Å². The quantitative estimate of drug-likeness (QED) is 0.552. The number of likely N-dealkylation sites (N-methyl/N-ethyl adjacent to an activating group) is 1. The molecule has 1 amide bonds. The molecule has 33 heavy (non-hydrogen) atoms. The van der Waals surface area contributed by atoms with Crippen molar-refractivity contribution >= 4 is 28.3 Å². The highest BCUT2D eigenvalue weighted by Crippen LogP contribution is 2.35. The third-order valence-corrected chi connectivity index (χ3v) is 6.41. The Morgan fingerprint density at radius 2 is 2.09 bits per heavy atom. The summed E-state index contributed by atoms with van der Waals surface area (Å²) in [6.07, 6.45) is 9.02. The first-order valence-electron chi connectivity index (χ1n) is 11.1. The van der Waals surface area contributed by atoms with Gasteiger partial charge in [0.15, 0.2) is 0 Å². The molecule has 1 N–H and O–H groups in total. The predicted octanol–water partition coefficient (Wildman–Crippen LogP) is 3.00. The third kappa shape index (κ3) is 4.01. The molecule has 1 fully saturated rings. The Morgan fingerprint density at radius 1 is 1.33 bits per heavy atom. The lowest BCUT2D eigenvalue weighted by molar-refractivity contribution is -0.126. The van der Waals surface area contributed by atoms with Gasteiger partial charge in [-0.05, 0) is 39.2 Å². The van der Waals surface area contributed by atoms with Gasteiger partial charge in [0, 0.05) is 38.4 Å². The third-order valence-electron chi connectivity index (χ3n) is 6.41. The summed E-state index contributed by atoms with van der Waals surface area (Å²) in [5.41, 5.74) is 2.46. The number of hydrogen-bond acceptors (Lipinski definition) is 6. The van der Waals surface area contributed by atoms with Crippen molar-refractivity contribution in [2.24, 2.45) is 7.05 Å². The first-order valence-corrected chi connectivity index (χ1v) is 11.1. The molecule has 1 aliphatic rings. The zero-order valence-electron chi connectivity index (χ0n) is 19.8. The maximum Gasteiger partial charge on any atom is 0.277 e. The number of nitrogens with zero attached hydrogens (tertiary/aromatic N) is 6. The van der Waals surface area contributed by atoms with Gasteiger partial charge in [0.2, 0.25) is 5.91 Å². The standard InChI is InChI=1S/C23H31N7O3/c1-7-19(31)28(5)15-8-9-16(10-15)29-12-17(25-18-11-27(4)26-22(18)33-6)20-21(23(29)32)30(13-24-20)14(2)3/h7,11-16,25H,1,8-10H2,2-6H3. The molecule has 10 nitrogen and oxygen atoms in total. The molecule has 0 saturated heterocycles. The number of pyridine rings is 1. The molecule has 3 aromatic heterocycles. The number of amides is 1. The molecule has 2 atom stereocenters. The SMILES string of the molecule is C=CC(=O)N(C)C1CCC(n2cc(Nc3cn(C)nc3OC)c3ncn(C(C)C)c3c2=O)C1. The number of hydrogen-bond donors (Lipinski definition) is 1. The van der Waals surface area contributed by atoms with Crippen LogP contribution in [0.15, 0.2) is 36.2 Å². The van der Waals surface area contributed by atoms with Gasteiger partial charge in [-0.25, -0.2) is 4.98 Å². The Balaban J connectivity index is 1.79. The van der Waals surface area contributed by atoms with Crippen LogP contribution in [0.25, 0.3) is 11.0 Å². The van der Waals surface area contributed by atoms with Crippen LogP contribution in [-0.2, 0) is 11.8 Å². The normalized spacial score (nSPS) is 18.1. The molecule has 0 spiro atoms. The van der Waals surface area contributed by atoms with Crippen LogP contribution in [0.3, 0.4) is 0 Å². The van der Waals surface area contributed by atoms with E-state index in [0.29, 0.717) is 34.7 Å². The van der Waals surface area contributed by atoms with Crippen molar-refractivity contribution in [3.05, 3.63) is 41.7 Å². The van der Waals surface area contributed by atoms with Gasteiger partial charge in [0.1, 0.15) is 16.7 Å². The molecule has 0 radical (unpaired) electrons. The summed E-state index contributed by atoms with van der Waals surface area (Å²) in [7, 11) is 5.17. The van der Waals surface area contributed by atoms with Crippen LogP contribution in [0.2, 0.25) is 0 Å². The van der Waals surface area contributed by atoms with Gasteiger partial charge in [-0.15, -0.1) is 5.10 Å². The molecule has 0 aromatic carbocycles. The van der Waals surface area contributed by atoms with E-state index in [1.54, 1.807) is 34.6 Å². The molecule has 4 rings (SSSR count). The van der Waals surface area contributed by atoms with Crippen molar-refractivity contribution in [2.45, 2.75) is 51.2 Å². The molecule has 1 aliphatic carbocycles. The lowest BCUT2D eigenvalue weighted by Gasteiger charge is -2.24. The summed E-state index contributed by atoms with van der Waals surface area (Å²) in [5.74, 6) is 0.351. The molecular formula is C23H31N7O3. The van der Waals surface area contributed by atoms with Gasteiger partial charge in [-0.3, -0.25) is 14.3 Å². The minimum absolute atomic E-state index is 0.0289. The lowest BCUT2D eigenvalue weighted by atomic mass is 10.2. The maximum absolute atomic E-state index is 13.6. The highest BCUT2D eigenvalue weighted by molar-refractivity contribution is 5.90. The number of carbonyl (C=O) groups is 1. The highest BCUT2D eigenvalue weighted by atomic mass is 16.5. The molecule has 3 heterocycles. The van der Waals surface area contributed by atoms with Gasteiger partial charge < -0.3 is 24.1 Å². The molecule has 2 unspecified atom stereocenters. The summed E-state index contributed by atoms with van der Waals surface area (Å²) in [6, 6.07) is 0.110. The number of anilines is 2. The van der Waals surface area contributed by atoms with E-state index in [4.69, 9.17) is 4.74 Å².